The number of rotatable bonds is 5. The Bertz CT molecular complexity index is 320. The van der Waals surface area contributed by atoms with Gasteiger partial charge in [0, 0.05) is 32.2 Å². The molecule has 1 unspecified atom stereocenters. The molecule has 0 aliphatic carbocycles. The molecule has 1 aliphatic heterocycles. The van der Waals surface area contributed by atoms with Crippen molar-refractivity contribution in [3.8, 4) is 0 Å². The van der Waals surface area contributed by atoms with Crippen LogP contribution < -0.4 is 10.6 Å². The number of piperazine rings is 1. The maximum Gasteiger partial charge on any atom is 0.305 e. The van der Waals surface area contributed by atoms with Crippen molar-refractivity contribution >= 4 is 11.9 Å². The van der Waals surface area contributed by atoms with Gasteiger partial charge in [-0.3, -0.25) is 14.5 Å². The topological polar surface area (TPSA) is 81.7 Å². The van der Waals surface area contributed by atoms with Crippen LogP contribution in [0.5, 0.6) is 0 Å². The predicted octanol–water partition coefficient (Wildman–Crippen LogP) is -0.103. The van der Waals surface area contributed by atoms with Gasteiger partial charge in [-0.15, -0.1) is 0 Å². The molecule has 1 heterocycles. The molecule has 0 bridgehead atoms. The smallest absolute Gasteiger partial charge is 0.305 e. The van der Waals surface area contributed by atoms with Gasteiger partial charge in [-0.05, 0) is 5.41 Å². The van der Waals surface area contributed by atoms with Gasteiger partial charge in [0.15, 0.2) is 0 Å². The second-order valence-corrected chi connectivity index (χ2v) is 6.11. The van der Waals surface area contributed by atoms with E-state index in [2.05, 4.69) is 15.5 Å². The number of nitrogens with one attached hydrogen (secondary N) is 2. The zero-order chi connectivity index (χ0) is 14.5. The fourth-order valence-corrected chi connectivity index (χ4v) is 2.06. The maximum atomic E-state index is 12.0. The zero-order valence-corrected chi connectivity index (χ0v) is 12.0. The first kappa shape index (κ1) is 15.9. The van der Waals surface area contributed by atoms with Gasteiger partial charge in [0.25, 0.3) is 0 Å². The van der Waals surface area contributed by atoms with Crippen LogP contribution in [0.4, 0.5) is 0 Å². The highest BCUT2D eigenvalue weighted by atomic mass is 16.4. The van der Waals surface area contributed by atoms with E-state index in [4.69, 9.17) is 5.11 Å². The van der Waals surface area contributed by atoms with Crippen molar-refractivity contribution in [3.63, 3.8) is 0 Å². The molecule has 1 rings (SSSR count). The minimum atomic E-state index is -0.887. The van der Waals surface area contributed by atoms with E-state index >= 15 is 0 Å². The SMILES string of the molecule is CC(C)(C)C(CC(=O)O)NC(=O)CN1CCNCC1. The van der Waals surface area contributed by atoms with Crippen molar-refractivity contribution in [1.82, 2.24) is 15.5 Å². The summed E-state index contributed by atoms with van der Waals surface area (Å²) in [4.78, 5) is 24.9. The quantitative estimate of drug-likeness (QED) is 0.650. The Labute approximate surface area is 114 Å². The number of aliphatic carboxylic acids is 1. The number of nitrogens with zero attached hydrogens (tertiary/aromatic N) is 1. The average Bonchev–Trinajstić information content (AvgIpc) is 2.27. The van der Waals surface area contributed by atoms with Crippen LogP contribution in [-0.2, 0) is 9.59 Å². The van der Waals surface area contributed by atoms with Crippen molar-refractivity contribution in [2.75, 3.05) is 32.7 Å². The number of hydrogen-bond donors (Lipinski definition) is 3. The molecule has 3 N–H and O–H groups in total. The van der Waals surface area contributed by atoms with Gasteiger partial charge in [-0.2, -0.15) is 0 Å². The van der Waals surface area contributed by atoms with Gasteiger partial charge in [-0.1, -0.05) is 20.8 Å². The van der Waals surface area contributed by atoms with Crippen molar-refractivity contribution in [2.24, 2.45) is 5.41 Å². The summed E-state index contributed by atoms with van der Waals surface area (Å²) in [5.74, 6) is -0.981. The van der Waals surface area contributed by atoms with Gasteiger partial charge in [0.2, 0.25) is 5.91 Å². The lowest BCUT2D eigenvalue weighted by molar-refractivity contribution is -0.138. The molecule has 6 heteroatoms. The highest BCUT2D eigenvalue weighted by molar-refractivity contribution is 5.79. The van der Waals surface area contributed by atoms with E-state index in [1.165, 1.54) is 0 Å². The summed E-state index contributed by atoms with van der Waals surface area (Å²) in [7, 11) is 0. The van der Waals surface area contributed by atoms with E-state index in [0.29, 0.717) is 6.54 Å². The third-order valence-electron chi connectivity index (χ3n) is 3.34. The molecule has 6 nitrogen and oxygen atoms in total. The summed E-state index contributed by atoms with van der Waals surface area (Å²) in [5.41, 5.74) is -0.266. The summed E-state index contributed by atoms with van der Waals surface area (Å²) in [6.45, 7) is 9.65. The lowest BCUT2D eigenvalue weighted by Crippen LogP contribution is -2.51. The molecule has 0 aromatic heterocycles. The van der Waals surface area contributed by atoms with Crippen molar-refractivity contribution in [3.05, 3.63) is 0 Å². The number of hydrogen-bond acceptors (Lipinski definition) is 4. The Morgan fingerprint density at radius 3 is 2.37 bits per heavy atom. The third kappa shape index (κ3) is 6.02. The second-order valence-electron chi connectivity index (χ2n) is 6.11. The highest BCUT2D eigenvalue weighted by Crippen LogP contribution is 2.21. The molecule has 0 spiro atoms. The van der Waals surface area contributed by atoms with Crippen LogP contribution in [-0.4, -0.2) is 60.6 Å². The van der Waals surface area contributed by atoms with Crippen LogP contribution >= 0.6 is 0 Å². The average molecular weight is 271 g/mol. The first-order valence-corrected chi connectivity index (χ1v) is 6.73. The second kappa shape index (κ2) is 6.86. The van der Waals surface area contributed by atoms with Crippen molar-refractivity contribution in [1.29, 1.82) is 0 Å². The summed E-state index contributed by atoms with van der Waals surface area (Å²) < 4.78 is 0. The van der Waals surface area contributed by atoms with Crippen LogP contribution in [0.25, 0.3) is 0 Å². The van der Waals surface area contributed by atoms with E-state index in [-0.39, 0.29) is 23.8 Å². The molecular formula is C13H25N3O3. The summed E-state index contributed by atoms with van der Waals surface area (Å²) in [5, 5.41) is 15.0. The molecule has 1 saturated heterocycles. The largest absolute Gasteiger partial charge is 0.481 e. The fourth-order valence-electron chi connectivity index (χ4n) is 2.06. The molecule has 0 radical (unpaired) electrons. The maximum absolute atomic E-state index is 12.0. The van der Waals surface area contributed by atoms with E-state index in [0.717, 1.165) is 26.2 Å². The standard InChI is InChI=1S/C13H25N3O3/c1-13(2,3)10(8-12(18)19)15-11(17)9-16-6-4-14-5-7-16/h10,14H,4-9H2,1-3H3,(H,15,17)(H,18,19). The summed E-state index contributed by atoms with van der Waals surface area (Å²) in [6.07, 6.45) is -0.0448. The van der Waals surface area contributed by atoms with Gasteiger partial charge >= 0.3 is 5.97 Å². The first-order valence-electron chi connectivity index (χ1n) is 6.73. The highest BCUT2D eigenvalue weighted by Gasteiger charge is 2.28. The van der Waals surface area contributed by atoms with Crippen LogP contribution in [0.3, 0.4) is 0 Å². The van der Waals surface area contributed by atoms with Gasteiger partial charge in [0.05, 0.1) is 13.0 Å². The van der Waals surface area contributed by atoms with Crippen molar-refractivity contribution in [2.45, 2.75) is 33.2 Å². The Hall–Kier alpha value is -1.14. The van der Waals surface area contributed by atoms with Crippen molar-refractivity contribution < 1.29 is 14.7 Å². The molecule has 0 aromatic rings. The Morgan fingerprint density at radius 2 is 1.89 bits per heavy atom. The summed E-state index contributed by atoms with van der Waals surface area (Å²) in [6, 6.07) is -0.347. The third-order valence-corrected chi connectivity index (χ3v) is 3.34. The van der Waals surface area contributed by atoms with Gasteiger partial charge in [-0.25, -0.2) is 0 Å². The van der Waals surface area contributed by atoms with E-state index < -0.39 is 5.97 Å². The van der Waals surface area contributed by atoms with E-state index in [1.807, 2.05) is 20.8 Å². The van der Waals surface area contributed by atoms with Crippen LogP contribution in [0.1, 0.15) is 27.2 Å². The van der Waals surface area contributed by atoms with Crippen LogP contribution in [0, 0.1) is 5.41 Å². The lowest BCUT2D eigenvalue weighted by atomic mass is 9.84. The Kier molecular flexibility index (Phi) is 5.75. The fraction of sp³-hybridized carbons (Fsp3) is 0.846. The molecule has 0 saturated carbocycles. The van der Waals surface area contributed by atoms with Crippen LogP contribution in [0.2, 0.25) is 0 Å². The minimum Gasteiger partial charge on any atom is -0.481 e. The number of carbonyl (C=O) groups is 2. The predicted molar refractivity (Wildman–Crippen MR) is 72.9 cm³/mol. The Morgan fingerprint density at radius 1 is 1.32 bits per heavy atom. The molecule has 110 valence electrons. The lowest BCUT2D eigenvalue weighted by Gasteiger charge is -2.32. The van der Waals surface area contributed by atoms with Gasteiger partial charge in [0.1, 0.15) is 0 Å². The zero-order valence-electron chi connectivity index (χ0n) is 12.0. The molecule has 19 heavy (non-hydrogen) atoms. The molecular weight excluding hydrogens is 246 g/mol. The number of carboxylic acids is 1. The molecule has 1 atom stereocenters. The normalized spacial score (nSPS) is 18.9. The van der Waals surface area contributed by atoms with E-state index in [1.54, 1.807) is 0 Å². The summed E-state index contributed by atoms with van der Waals surface area (Å²) >= 11 is 0. The monoisotopic (exact) mass is 271 g/mol. The molecule has 1 aliphatic rings. The molecule has 0 aromatic carbocycles. The van der Waals surface area contributed by atoms with Crippen LogP contribution in [0.15, 0.2) is 0 Å². The number of carboxylic acid groups (broad SMARTS) is 1. The Balaban J connectivity index is 2.48. The number of carbonyl (C=O) groups excluding carboxylic acids is 1. The molecule has 1 amide bonds. The first-order chi connectivity index (χ1) is 8.79. The number of amides is 1. The van der Waals surface area contributed by atoms with E-state index in [9.17, 15) is 9.59 Å². The van der Waals surface area contributed by atoms with Gasteiger partial charge < -0.3 is 15.7 Å². The molecule has 1 fully saturated rings. The minimum absolute atomic E-state index is 0.0448.